The zero-order valence-electron chi connectivity index (χ0n) is 8.90. The maximum Gasteiger partial charge on any atom is -0.000726 e. The second kappa shape index (κ2) is 3.23. The topological polar surface area (TPSA) is 0 Å². The second-order valence-corrected chi connectivity index (χ2v) is 4.32. The Morgan fingerprint density at radius 1 is 1.07 bits per heavy atom. The number of hydrogen-bond donors (Lipinski definition) is 0. The molecule has 74 valence electrons. The van der Waals surface area contributed by atoms with Gasteiger partial charge in [-0.25, -0.2) is 0 Å². The van der Waals surface area contributed by atoms with Crippen molar-refractivity contribution in [1.29, 1.82) is 0 Å². The molecule has 0 heterocycles. The minimum atomic E-state index is 0.568. The molecule has 1 unspecified atom stereocenters. The van der Waals surface area contributed by atoms with E-state index < -0.39 is 0 Å². The van der Waals surface area contributed by atoms with E-state index in [9.17, 15) is 0 Å². The lowest BCUT2D eigenvalue weighted by atomic mass is 9.87. The highest BCUT2D eigenvalue weighted by atomic mass is 14.2. The first-order valence-electron chi connectivity index (χ1n) is 5.53. The van der Waals surface area contributed by atoms with Crippen LogP contribution in [-0.2, 0) is 6.42 Å². The predicted octanol–water partition coefficient (Wildman–Crippen LogP) is 4.06. The van der Waals surface area contributed by atoms with Crippen molar-refractivity contribution in [3.8, 4) is 0 Å². The van der Waals surface area contributed by atoms with E-state index in [0.717, 1.165) is 6.42 Å². The molecule has 0 N–H and O–H groups in total. The molecule has 2 aromatic rings. The normalized spacial score (nSPS) is 19.1. The van der Waals surface area contributed by atoms with Gasteiger partial charge in [-0.15, -0.1) is 0 Å². The molecule has 15 heavy (non-hydrogen) atoms. The van der Waals surface area contributed by atoms with Gasteiger partial charge in [-0.1, -0.05) is 55.5 Å². The standard InChI is InChI=1S/C15H14/c1-11-5-4-8-14-9-12-6-2-3-7-13(12)10-15(11)14/h2-7,9-11H,8H2,1H3. The van der Waals surface area contributed by atoms with Crippen molar-refractivity contribution < 1.29 is 0 Å². The predicted molar refractivity (Wildman–Crippen MR) is 65.2 cm³/mol. The van der Waals surface area contributed by atoms with Crippen LogP contribution in [0.2, 0.25) is 0 Å². The Morgan fingerprint density at radius 3 is 2.60 bits per heavy atom. The maximum absolute atomic E-state index is 2.35. The first kappa shape index (κ1) is 8.72. The largest absolute Gasteiger partial charge is 0.0835 e. The summed E-state index contributed by atoms with van der Waals surface area (Å²) in [7, 11) is 0. The molecule has 0 aliphatic heterocycles. The molecule has 0 heteroatoms. The van der Waals surface area contributed by atoms with Crippen LogP contribution in [0.3, 0.4) is 0 Å². The smallest absolute Gasteiger partial charge is 0.000726 e. The van der Waals surface area contributed by atoms with Crippen molar-refractivity contribution in [2.75, 3.05) is 0 Å². The molecule has 0 aromatic heterocycles. The van der Waals surface area contributed by atoms with Gasteiger partial charge in [0.2, 0.25) is 0 Å². The molecule has 0 radical (unpaired) electrons. The maximum atomic E-state index is 2.35. The Bertz CT molecular complexity index is 535. The van der Waals surface area contributed by atoms with Crippen molar-refractivity contribution in [3.05, 3.63) is 59.7 Å². The third-order valence-corrected chi connectivity index (χ3v) is 3.26. The van der Waals surface area contributed by atoms with E-state index in [1.54, 1.807) is 0 Å². The second-order valence-electron chi connectivity index (χ2n) is 4.32. The molecular formula is C15H14. The number of hydrogen-bond acceptors (Lipinski definition) is 0. The van der Waals surface area contributed by atoms with Gasteiger partial charge in [0.05, 0.1) is 0 Å². The molecule has 0 spiro atoms. The summed E-state index contributed by atoms with van der Waals surface area (Å²) in [6.45, 7) is 2.27. The van der Waals surface area contributed by atoms with Gasteiger partial charge in [-0.05, 0) is 34.2 Å². The van der Waals surface area contributed by atoms with Gasteiger partial charge >= 0.3 is 0 Å². The summed E-state index contributed by atoms with van der Waals surface area (Å²) in [6, 6.07) is 13.3. The van der Waals surface area contributed by atoms with Crippen LogP contribution >= 0.6 is 0 Å². The number of rotatable bonds is 0. The fourth-order valence-electron chi connectivity index (χ4n) is 2.41. The molecule has 1 atom stereocenters. The monoisotopic (exact) mass is 194 g/mol. The van der Waals surface area contributed by atoms with Crippen LogP contribution in [0.25, 0.3) is 10.8 Å². The van der Waals surface area contributed by atoms with E-state index in [4.69, 9.17) is 0 Å². The van der Waals surface area contributed by atoms with Gasteiger partial charge in [0.1, 0.15) is 0 Å². The third kappa shape index (κ3) is 1.37. The highest BCUT2D eigenvalue weighted by Crippen LogP contribution is 2.30. The molecule has 0 nitrogen and oxygen atoms in total. The lowest BCUT2D eigenvalue weighted by molar-refractivity contribution is 0.912. The molecular weight excluding hydrogens is 180 g/mol. The third-order valence-electron chi connectivity index (χ3n) is 3.26. The van der Waals surface area contributed by atoms with Gasteiger partial charge in [-0.3, -0.25) is 0 Å². The molecule has 0 fully saturated rings. The Labute approximate surface area is 90.2 Å². The average Bonchev–Trinajstić information content (AvgIpc) is 2.27. The zero-order valence-corrected chi connectivity index (χ0v) is 8.90. The van der Waals surface area contributed by atoms with Crippen molar-refractivity contribution in [3.63, 3.8) is 0 Å². The fourth-order valence-corrected chi connectivity index (χ4v) is 2.41. The van der Waals surface area contributed by atoms with Crippen molar-refractivity contribution in [2.24, 2.45) is 0 Å². The molecule has 2 aromatic carbocycles. The summed E-state index contributed by atoms with van der Waals surface area (Å²) < 4.78 is 0. The Kier molecular flexibility index (Phi) is 1.88. The molecule has 1 aliphatic rings. The van der Waals surface area contributed by atoms with E-state index in [1.165, 1.54) is 21.9 Å². The van der Waals surface area contributed by atoms with Crippen LogP contribution in [0.5, 0.6) is 0 Å². The summed E-state index contributed by atoms with van der Waals surface area (Å²) in [6.07, 6.45) is 5.67. The van der Waals surface area contributed by atoms with E-state index in [2.05, 4.69) is 55.5 Å². The van der Waals surface area contributed by atoms with Crippen molar-refractivity contribution in [1.82, 2.24) is 0 Å². The summed E-state index contributed by atoms with van der Waals surface area (Å²) >= 11 is 0. The lowest BCUT2D eigenvalue weighted by Crippen LogP contribution is -2.01. The van der Waals surface area contributed by atoms with Crippen LogP contribution < -0.4 is 0 Å². The Balaban J connectivity index is 2.30. The van der Waals surface area contributed by atoms with Gasteiger partial charge in [-0.2, -0.15) is 0 Å². The lowest BCUT2D eigenvalue weighted by Gasteiger charge is -2.18. The van der Waals surface area contributed by atoms with E-state index in [1.807, 2.05) is 0 Å². The first-order chi connectivity index (χ1) is 7.34. The Morgan fingerprint density at radius 2 is 1.80 bits per heavy atom. The zero-order chi connectivity index (χ0) is 10.3. The van der Waals surface area contributed by atoms with E-state index in [-0.39, 0.29) is 0 Å². The summed E-state index contributed by atoms with van der Waals surface area (Å²) in [5.74, 6) is 0.568. The van der Waals surface area contributed by atoms with Crippen LogP contribution in [0.1, 0.15) is 24.0 Å². The quantitative estimate of drug-likeness (QED) is 0.555. The van der Waals surface area contributed by atoms with Gasteiger partial charge in [0.15, 0.2) is 0 Å². The highest BCUT2D eigenvalue weighted by Gasteiger charge is 2.12. The fraction of sp³-hybridized carbons (Fsp3) is 0.200. The summed E-state index contributed by atoms with van der Waals surface area (Å²) in [5, 5.41) is 2.72. The Hall–Kier alpha value is -1.56. The van der Waals surface area contributed by atoms with Crippen molar-refractivity contribution in [2.45, 2.75) is 19.3 Å². The van der Waals surface area contributed by atoms with E-state index in [0.29, 0.717) is 5.92 Å². The van der Waals surface area contributed by atoms with Crippen molar-refractivity contribution >= 4 is 10.8 Å². The molecule has 0 saturated carbocycles. The molecule has 0 bridgehead atoms. The van der Waals surface area contributed by atoms with Crippen LogP contribution in [0.4, 0.5) is 0 Å². The van der Waals surface area contributed by atoms with Gasteiger partial charge < -0.3 is 0 Å². The summed E-state index contributed by atoms with van der Waals surface area (Å²) in [4.78, 5) is 0. The molecule has 3 rings (SSSR count). The first-order valence-corrected chi connectivity index (χ1v) is 5.53. The molecule has 0 saturated heterocycles. The van der Waals surface area contributed by atoms with Gasteiger partial charge in [0.25, 0.3) is 0 Å². The number of fused-ring (bicyclic) bond motifs is 2. The average molecular weight is 194 g/mol. The highest BCUT2D eigenvalue weighted by molar-refractivity contribution is 5.84. The molecule has 1 aliphatic carbocycles. The minimum absolute atomic E-state index is 0.568. The summed E-state index contributed by atoms with van der Waals surface area (Å²) in [5.41, 5.74) is 2.99. The van der Waals surface area contributed by atoms with E-state index >= 15 is 0 Å². The number of benzene rings is 2. The molecule has 0 amide bonds. The van der Waals surface area contributed by atoms with Crippen LogP contribution in [0.15, 0.2) is 48.6 Å². The van der Waals surface area contributed by atoms with Crippen LogP contribution in [0, 0.1) is 0 Å². The SMILES string of the molecule is CC1C=CCc2cc3ccccc3cc21. The van der Waals surface area contributed by atoms with Gasteiger partial charge in [0, 0.05) is 0 Å². The number of allylic oxidation sites excluding steroid dienone is 2. The van der Waals surface area contributed by atoms with Crippen LogP contribution in [-0.4, -0.2) is 0 Å². The minimum Gasteiger partial charge on any atom is -0.0835 e.